The Morgan fingerprint density at radius 1 is 0.432 bits per heavy atom. The van der Waals surface area contributed by atoms with Crippen LogP contribution < -0.4 is 0 Å². The molecule has 0 radical (unpaired) electrons. The molecule has 1 rings (SSSR count). The number of unbranched alkanes of at least 4 members (excludes halogenated alkanes) is 13. The van der Waals surface area contributed by atoms with Crippen LogP contribution in [0.15, 0.2) is 48.6 Å². The molecule has 81 heavy (non-hydrogen) atoms. The Balaban J connectivity index is 3.13. The summed E-state index contributed by atoms with van der Waals surface area (Å²) in [5, 5.41) is 0. The summed E-state index contributed by atoms with van der Waals surface area (Å²) in [6.07, 6.45) is 47.5. The van der Waals surface area contributed by atoms with E-state index in [1.54, 1.807) is 4.90 Å². The lowest BCUT2D eigenvalue weighted by atomic mass is 10.1. The number of carbonyl (C=O) groups is 4. The van der Waals surface area contributed by atoms with Crippen molar-refractivity contribution in [3.63, 3.8) is 0 Å². The van der Waals surface area contributed by atoms with Gasteiger partial charge in [0, 0.05) is 52.2 Å². The van der Waals surface area contributed by atoms with E-state index in [0.29, 0.717) is 65.1 Å². The molecule has 1 unspecified atom stereocenters. The van der Waals surface area contributed by atoms with Gasteiger partial charge in [-0.2, -0.15) is 0 Å². The number of rotatable bonds is 58. The van der Waals surface area contributed by atoms with Crippen molar-refractivity contribution in [2.75, 3.05) is 65.8 Å². The number of carbonyl (C=O) groups excluding carboxylic acids is 4. The number of likely N-dealkylation sites (tertiary alicyclic amines) is 1. The van der Waals surface area contributed by atoms with E-state index < -0.39 is 6.04 Å². The SMILES string of the molecule is CC/C=C\CCCCOC(CCCCC(=O)OCC(COC(=O)CCCCC(OCCCC/C=C\CC)OCCCC/C=C\CC)N(CCCN1CCCC1)C(=O)CCC(=O)OC(CCC)CCCCCC)OCCCC/C=C\CC. The van der Waals surface area contributed by atoms with Crippen molar-refractivity contribution in [2.24, 2.45) is 0 Å². The molecule has 0 bridgehead atoms. The molecule has 470 valence electrons. The lowest BCUT2D eigenvalue weighted by Gasteiger charge is -2.32. The van der Waals surface area contributed by atoms with Crippen LogP contribution in [0.3, 0.4) is 0 Å². The van der Waals surface area contributed by atoms with Crippen LogP contribution in [-0.2, 0) is 52.3 Å². The van der Waals surface area contributed by atoms with Gasteiger partial charge in [0.15, 0.2) is 12.6 Å². The average Bonchev–Trinajstić information content (AvgIpc) is 4.00. The number of hydrogen-bond acceptors (Lipinski definition) is 12. The fourth-order valence-electron chi connectivity index (χ4n) is 9.76. The van der Waals surface area contributed by atoms with Gasteiger partial charge in [-0.15, -0.1) is 0 Å². The molecule has 0 spiro atoms. The maximum absolute atomic E-state index is 14.4. The summed E-state index contributed by atoms with van der Waals surface area (Å²) in [7, 11) is 0. The molecule has 0 aromatic carbocycles. The molecule has 1 fully saturated rings. The lowest BCUT2D eigenvalue weighted by Crippen LogP contribution is -2.47. The third kappa shape index (κ3) is 46.7. The first kappa shape index (κ1) is 75.7. The Morgan fingerprint density at radius 3 is 1.30 bits per heavy atom. The molecule has 0 saturated carbocycles. The van der Waals surface area contributed by atoms with Gasteiger partial charge in [0.1, 0.15) is 19.3 Å². The Kier molecular flexibility index (Phi) is 53.3. The lowest BCUT2D eigenvalue weighted by molar-refractivity contribution is -0.156. The van der Waals surface area contributed by atoms with Crippen LogP contribution >= 0.6 is 0 Å². The molecule has 1 saturated heterocycles. The largest absolute Gasteiger partial charge is 0.463 e. The second kappa shape index (κ2) is 57.1. The first-order chi connectivity index (χ1) is 39.7. The van der Waals surface area contributed by atoms with E-state index in [1.165, 1.54) is 0 Å². The smallest absolute Gasteiger partial charge is 0.306 e. The first-order valence-corrected chi connectivity index (χ1v) is 33.3. The summed E-state index contributed by atoms with van der Waals surface area (Å²) in [5.41, 5.74) is 0. The van der Waals surface area contributed by atoms with Crippen molar-refractivity contribution in [1.29, 1.82) is 0 Å². The quantitative estimate of drug-likeness (QED) is 0.0188. The van der Waals surface area contributed by atoms with E-state index in [1.807, 2.05) is 0 Å². The van der Waals surface area contributed by atoms with Crippen LogP contribution in [-0.4, -0.2) is 124 Å². The second-order valence-corrected chi connectivity index (χ2v) is 22.1. The highest BCUT2D eigenvalue weighted by atomic mass is 16.7. The molecule has 1 heterocycles. The zero-order valence-electron chi connectivity index (χ0n) is 52.8. The Labute approximate surface area is 495 Å². The summed E-state index contributed by atoms with van der Waals surface area (Å²) in [6, 6.07) is -0.728. The predicted molar refractivity (Wildman–Crippen MR) is 332 cm³/mol. The van der Waals surface area contributed by atoms with E-state index in [9.17, 15) is 19.2 Å². The number of nitrogens with zero attached hydrogens (tertiary/aromatic N) is 2. The molecule has 0 aromatic rings. The van der Waals surface area contributed by atoms with E-state index in [4.69, 9.17) is 33.2 Å². The summed E-state index contributed by atoms with van der Waals surface area (Å²) in [4.78, 5) is 58.9. The fourth-order valence-corrected chi connectivity index (χ4v) is 9.76. The number of ether oxygens (including phenoxy) is 7. The van der Waals surface area contributed by atoms with Crippen molar-refractivity contribution in [3.8, 4) is 0 Å². The molecular formula is C68H122N2O11. The standard InChI is InChI=1S/C68H122N2O11/c1-7-13-18-23-27-38-55-75-67(76-56-39-28-24-19-14-8-2)47-34-32-45-64(72)79-59-61(60-80-65(73)46-33-35-48-68(77-57-40-29-25-20-15-9-3)78-58-41-30-26-21-16-10-4)70(54-42-53-69-51-36-37-52-69)63(71)49-50-66(74)81-62(43-12-6)44-31-22-17-11-5/h13-16,18-21,61-62,67-68H,7-12,17,22-60H2,1-6H3/b18-13-,19-14-,20-15-,21-16-. The summed E-state index contributed by atoms with van der Waals surface area (Å²) in [6.45, 7) is 18.4. The van der Waals surface area contributed by atoms with Crippen LogP contribution in [0.2, 0.25) is 0 Å². The van der Waals surface area contributed by atoms with E-state index in [-0.39, 0.29) is 81.4 Å². The van der Waals surface area contributed by atoms with Gasteiger partial charge in [0.2, 0.25) is 5.91 Å². The van der Waals surface area contributed by atoms with Gasteiger partial charge in [0.25, 0.3) is 0 Å². The summed E-state index contributed by atoms with van der Waals surface area (Å²) >= 11 is 0. The fraction of sp³-hybridized carbons (Fsp3) is 0.824. The monoisotopic (exact) mass is 1140 g/mol. The van der Waals surface area contributed by atoms with E-state index in [2.05, 4.69) is 95.1 Å². The van der Waals surface area contributed by atoms with Gasteiger partial charge in [-0.1, -0.05) is 116 Å². The molecule has 1 atom stereocenters. The molecule has 1 aliphatic heterocycles. The van der Waals surface area contributed by atoms with Crippen molar-refractivity contribution in [2.45, 2.75) is 297 Å². The van der Waals surface area contributed by atoms with Gasteiger partial charge < -0.3 is 43.0 Å². The van der Waals surface area contributed by atoms with E-state index in [0.717, 1.165) is 193 Å². The van der Waals surface area contributed by atoms with Gasteiger partial charge in [-0.05, 0) is 199 Å². The Hall–Kier alpha value is -3.36. The second-order valence-electron chi connectivity index (χ2n) is 22.1. The highest BCUT2D eigenvalue weighted by molar-refractivity contribution is 5.82. The molecular weight excluding hydrogens is 1020 g/mol. The molecule has 13 heteroatoms. The zero-order valence-corrected chi connectivity index (χ0v) is 52.8. The molecule has 1 amide bonds. The minimum absolute atomic E-state index is 0.0506. The van der Waals surface area contributed by atoms with Crippen LogP contribution in [0.4, 0.5) is 0 Å². The van der Waals surface area contributed by atoms with Crippen LogP contribution in [0.5, 0.6) is 0 Å². The Bertz CT molecular complexity index is 1470. The predicted octanol–water partition coefficient (Wildman–Crippen LogP) is 16.6. The Morgan fingerprint density at radius 2 is 0.877 bits per heavy atom. The topological polar surface area (TPSA) is 139 Å². The first-order valence-electron chi connectivity index (χ1n) is 33.3. The zero-order chi connectivity index (χ0) is 58.9. The van der Waals surface area contributed by atoms with Gasteiger partial charge in [-0.3, -0.25) is 19.2 Å². The van der Waals surface area contributed by atoms with Crippen molar-refractivity contribution in [3.05, 3.63) is 48.6 Å². The van der Waals surface area contributed by atoms with E-state index >= 15 is 0 Å². The molecule has 0 N–H and O–H groups in total. The minimum atomic E-state index is -0.728. The molecule has 0 aromatic heterocycles. The minimum Gasteiger partial charge on any atom is -0.463 e. The molecule has 13 nitrogen and oxygen atoms in total. The summed E-state index contributed by atoms with van der Waals surface area (Å²) in [5.74, 6) is -1.37. The summed E-state index contributed by atoms with van der Waals surface area (Å²) < 4.78 is 42.8. The maximum Gasteiger partial charge on any atom is 0.306 e. The normalized spacial score (nSPS) is 13.6. The van der Waals surface area contributed by atoms with Crippen molar-refractivity contribution < 1.29 is 52.3 Å². The van der Waals surface area contributed by atoms with Crippen LogP contribution in [0.25, 0.3) is 0 Å². The number of amides is 1. The highest BCUT2D eigenvalue weighted by Gasteiger charge is 2.28. The third-order valence-electron chi connectivity index (χ3n) is 14.6. The van der Waals surface area contributed by atoms with Crippen LogP contribution in [0, 0.1) is 0 Å². The van der Waals surface area contributed by atoms with Crippen molar-refractivity contribution in [1.82, 2.24) is 9.80 Å². The highest BCUT2D eigenvalue weighted by Crippen LogP contribution is 2.19. The third-order valence-corrected chi connectivity index (χ3v) is 14.6. The molecule has 0 aliphatic carbocycles. The van der Waals surface area contributed by atoms with Gasteiger partial charge in [0.05, 0.1) is 12.5 Å². The number of hydrogen-bond donors (Lipinski definition) is 0. The van der Waals surface area contributed by atoms with Gasteiger partial charge in [-0.25, -0.2) is 0 Å². The molecule has 1 aliphatic rings. The van der Waals surface area contributed by atoms with Crippen molar-refractivity contribution >= 4 is 23.8 Å². The van der Waals surface area contributed by atoms with Crippen LogP contribution in [0.1, 0.15) is 273 Å². The number of allylic oxidation sites excluding steroid dienone is 8. The maximum atomic E-state index is 14.4. The van der Waals surface area contributed by atoms with Gasteiger partial charge >= 0.3 is 17.9 Å². The average molecular weight is 1140 g/mol. The number of esters is 3.